The number of rotatable bonds is 6. The molecular formula is C21H29N5O2. The number of urea groups is 1. The predicted octanol–water partition coefficient (Wildman–Crippen LogP) is 2.78. The van der Waals surface area contributed by atoms with Gasteiger partial charge in [0.25, 0.3) is 0 Å². The van der Waals surface area contributed by atoms with E-state index in [1.807, 2.05) is 37.3 Å². The van der Waals surface area contributed by atoms with E-state index in [9.17, 15) is 4.79 Å². The molecule has 1 aromatic rings. The average molecular weight is 383 g/mol. The zero-order chi connectivity index (χ0) is 19.9. The highest BCUT2D eigenvalue weighted by Gasteiger charge is 2.32. The molecule has 2 heterocycles. The monoisotopic (exact) mass is 383 g/mol. The maximum absolute atomic E-state index is 12.1. The standard InChI is InChI=1S/C21H29N5O2/c1-4-17-15-25(5-2)20(26-10-12-28-13-11-26)19(17)14-22-24-21(27)23-18-8-6-16(3)7-9-18/h4,6-9,14,17H,1,5,10-13,15H2,2-3H3,(H2,23,24,27)/b22-14+. The lowest BCUT2D eigenvalue weighted by Crippen LogP contribution is -2.41. The van der Waals surface area contributed by atoms with E-state index in [0.29, 0.717) is 0 Å². The quantitative estimate of drug-likeness (QED) is 0.450. The minimum atomic E-state index is -0.367. The van der Waals surface area contributed by atoms with E-state index in [-0.39, 0.29) is 11.9 Å². The number of anilines is 1. The van der Waals surface area contributed by atoms with Crippen LogP contribution < -0.4 is 10.7 Å². The van der Waals surface area contributed by atoms with E-state index in [0.717, 1.165) is 56.2 Å². The number of hydrogen-bond acceptors (Lipinski definition) is 5. The summed E-state index contributed by atoms with van der Waals surface area (Å²) in [5, 5.41) is 6.98. The molecule has 7 nitrogen and oxygen atoms in total. The summed E-state index contributed by atoms with van der Waals surface area (Å²) in [6.07, 6.45) is 3.70. The van der Waals surface area contributed by atoms with Crippen LogP contribution in [0.5, 0.6) is 0 Å². The smallest absolute Gasteiger partial charge is 0.339 e. The number of hydrazone groups is 1. The topological polar surface area (TPSA) is 69.2 Å². The number of nitrogens with zero attached hydrogens (tertiary/aromatic N) is 3. The zero-order valence-corrected chi connectivity index (χ0v) is 16.6. The molecule has 2 N–H and O–H groups in total. The van der Waals surface area contributed by atoms with Gasteiger partial charge in [-0.1, -0.05) is 23.8 Å². The molecule has 2 aliphatic heterocycles. The first-order valence-electron chi connectivity index (χ1n) is 9.73. The van der Waals surface area contributed by atoms with Crippen molar-refractivity contribution in [3.05, 3.63) is 53.9 Å². The highest BCUT2D eigenvalue weighted by atomic mass is 16.5. The largest absolute Gasteiger partial charge is 0.378 e. The molecule has 0 radical (unpaired) electrons. The molecule has 28 heavy (non-hydrogen) atoms. The second-order valence-corrected chi connectivity index (χ2v) is 6.95. The van der Waals surface area contributed by atoms with Crippen LogP contribution in [0.1, 0.15) is 12.5 Å². The third-order valence-electron chi connectivity index (χ3n) is 5.03. The number of nitrogens with one attached hydrogen (secondary N) is 2. The normalized spacial score (nSPS) is 20.0. The summed E-state index contributed by atoms with van der Waals surface area (Å²) in [5.41, 5.74) is 5.51. The summed E-state index contributed by atoms with van der Waals surface area (Å²) in [7, 11) is 0. The Kier molecular flexibility index (Phi) is 6.71. The Balaban J connectivity index is 1.71. The molecular weight excluding hydrogens is 354 g/mol. The van der Waals surface area contributed by atoms with Gasteiger partial charge in [0.1, 0.15) is 5.82 Å². The molecule has 3 rings (SSSR count). The van der Waals surface area contributed by atoms with Gasteiger partial charge in [-0.15, -0.1) is 6.58 Å². The highest BCUT2D eigenvalue weighted by molar-refractivity contribution is 5.90. The Morgan fingerprint density at radius 1 is 1.32 bits per heavy atom. The Hall–Kier alpha value is -2.80. The van der Waals surface area contributed by atoms with E-state index < -0.39 is 0 Å². The minimum Gasteiger partial charge on any atom is -0.378 e. The van der Waals surface area contributed by atoms with Crippen molar-refractivity contribution in [3.8, 4) is 0 Å². The fourth-order valence-corrected chi connectivity index (χ4v) is 3.52. The number of amides is 2. The lowest BCUT2D eigenvalue weighted by Gasteiger charge is -2.35. The number of morpholine rings is 1. The van der Waals surface area contributed by atoms with Crippen molar-refractivity contribution in [1.29, 1.82) is 0 Å². The summed E-state index contributed by atoms with van der Waals surface area (Å²) >= 11 is 0. The summed E-state index contributed by atoms with van der Waals surface area (Å²) in [5.74, 6) is 1.35. The molecule has 1 saturated heterocycles. The van der Waals surface area contributed by atoms with E-state index in [1.165, 1.54) is 5.82 Å². The second kappa shape index (κ2) is 9.41. The van der Waals surface area contributed by atoms with Crippen LogP contribution in [-0.4, -0.2) is 61.4 Å². The SMILES string of the molecule is C=CC1CN(CC)C(N2CCOCC2)=C1/C=N/NC(=O)Nc1ccc(C)cc1. The molecule has 1 atom stereocenters. The van der Waals surface area contributed by atoms with Crippen LogP contribution in [0, 0.1) is 12.8 Å². The van der Waals surface area contributed by atoms with Gasteiger partial charge < -0.3 is 19.9 Å². The molecule has 7 heteroatoms. The third-order valence-corrected chi connectivity index (χ3v) is 5.03. The molecule has 1 unspecified atom stereocenters. The highest BCUT2D eigenvalue weighted by Crippen LogP contribution is 2.30. The van der Waals surface area contributed by atoms with E-state index >= 15 is 0 Å². The van der Waals surface area contributed by atoms with Gasteiger partial charge >= 0.3 is 6.03 Å². The van der Waals surface area contributed by atoms with Crippen LogP contribution in [0.3, 0.4) is 0 Å². The molecule has 150 valence electrons. The Labute approximate surface area is 166 Å². The maximum atomic E-state index is 12.1. The number of carbonyl (C=O) groups is 1. The van der Waals surface area contributed by atoms with Gasteiger partial charge in [0.2, 0.25) is 0 Å². The van der Waals surface area contributed by atoms with Crippen LogP contribution in [-0.2, 0) is 4.74 Å². The first kappa shape index (κ1) is 19.9. The summed E-state index contributed by atoms with van der Waals surface area (Å²) in [4.78, 5) is 16.8. The van der Waals surface area contributed by atoms with Gasteiger partial charge in [-0.25, -0.2) is 10.2 Å². The lowest BCUT2D eigenvalue weighted by molar-refractivity contribution is 0.0402. The average Bonchev–Trinajstić information content (AvgIpc) is 3.08. The predicted molar refractivity (Wildman–Crippen MR) is 112 cm³/mol. The fourth-order valence-electron chi connectivity index (χ4n) is 3.52. The van der Waals surface area contributed by atoms with Crippen molar-refractivity contribution >= 4 is 17.9 Å². The van der Waals surface area contributed by atoms with Gasteiger partial charge in [0, 0.05) is 43.4 Å². The summed E-state index contributed by atoms with van der Waals surface area (Å²) in [6, 6.07) is 7.26. The van der Waals surface area contributed by atoms with Gasteiger partial charge in [-0.05, 0) is 26.0 Å². The van der Waals surface area contributed by atoms with E-state index in [2.05, 4.69) is 39.1 Å². The number of benzene rings is 1. The first-order valence-corrected chi connectivity index (χ1v) is 9.73. The van der Waals surface area contributed by atoms with Crippen LogP contribution >= 0.6 is 0 Å². The van der Waals surface area contributed by atoms with Crippen LogP contribution in [0.15, 0.2) is 53.4 Å². The molecule has 0 bridgehead atoms. The van der Waals surface area contributed by atoms with Crippen LogP contribution in [0.25, 0.3) is 0 Å². The van der Waals surface area contributed by atoms with Gasteiger partial charge in [-0.3, -0.25) is 0 Å². The van der Waals surface area contributed by atoms with Gasteiger partial charge in [0.15, 0.2) is 0 Å². The zero-order valence-electron chi connectivity index (χ0n) is 16.6. The van der Waals surface area contributed by atoms with E-state index in [4.69, 9.17) is 4.74 Å². The Bertz CT molecular complexity index is 751. The second-order valence-electron chi connectivity index (χ2n) is 6.95. The third kappa shape index (κ3) is 4.72. The van der Waals surface area contributed by atoms with Crippen molar-refractivity contribution in [3.63, 3.8) is 0 Å². The van der Waals surface area contributed by atoms with Crippen molar-refractivity contribution in [2.45, 2.75) is 13.8 Å². The Morgan fingerprint density at radius 2 is 2.04 bits per heavy atom. The lowest BCUT2D eigenvalue weighted by atomic mass is 10.0. The number of hydrogen-bond donors (Lipinski definition) is 2. The van der Waals surface area contributed by atoms with Gasteiger partial charge in [-0.2, -0.15) is 5.10 Å². The van der Waals surface area contributed by atoms with Gasteiger partial charge in [0.05, 0.1) is 19.4 Å². The fraction of sp³-hybridized carbons (Fsp3) is 0.429. The maximum Gasteiger partial charge on any atom is 0.339 e. The summed E-state index contributed by atoms with van der Waals surface area (Å²) < 4.78 is 5.49. The molecule has 1 fully saturated rings. The van der Waals surface area contributed by atoms with Crippen molar-refractivity contribution < 1.29 is 9.53 Å². The molecule has 0 aliphatic carbocycles. The molecule has 0 saturated carbocycles. The Morgan fingerprint density at radius 3 is 2.68 bits per heavy atom. The first-order chi connectivity index (χ1) is 13.6. The number of carbonyl (C=O) groups excluding carboxylic acids is 1. The molecule has 2 aliphatic rings. The minimum absolute atomic E-state index is 0.184. The number of ether oxygens (including phenoxy) is 1. The van der Waals surface area contributed by atoms with Crippen molar-refractivity contribution in [2.75, 3.05) is 44.7 Å². The van der Waals surface area contributed by atoms with Crippen LogP contribution in [0.2, 0.25) is 0 Å². The van der Waals surface area contributed by atoms with Crippen LogP contribution in [0.4, 0.5) is 10.5 Å². The van der Waals surface area contributed by atoms with E-state index in [1.54, 1.807) is 6.21 Å². The van der Waals surface area contributed by atoms with Crippen molar-refractivity contribution in [1.82, 2.24) is 15.2 Å². The molecule has 0 aromatic heterocycles. The molecule has 1 aromatic carbocycles. The molecule has 2 amide bonds. The summed E-state index contributed by atoms with van der Waals surface area (Å²) in [6.45, 7) is 13.1. The van der Waals surface area contributed by atoms with Crippen molar-refractivity contribution in [2.24, 2.45) is 11.0 Å². The molecule has 0 spiro atoms. The number of aryl methyl sites for hydroxylation is 1.